The van der Waals surface area contributed by atoms with Crippen LogP contribution < -0.4 is 15.8 Å². The van der Waals surface area contributed by atoms with Gasteiger partial charge in [-0.25, -0.2) is 0 Å². The Morgan fingerprint density at radius 3 is 2.87 bits per heavy atom. The summed E-state index contributed by atoms with van der Waals surface area (Å²) >= 11 is 0. The van der Waals surface area contributed by atoms with E-state index in [2.05, 4.69) is 5.32 Å². The molecule has 0 aliphatic heterocycles. The molecule has 5 heteroatoms. The summed E-state index contributed by atoms with van der Waals surface area (Å²) in [7, 11) is 0. The van der Waals surface area contributed by atoms with Crippen LogP contribution >= 0.6 is 0 Å². The first-order valence-corrected chi connectivity index (χ1v) is 4.59. The van der Waals surface area contributed by atoms with E-state index >= 15 is 0 Å². The molecule has 4 N–H and O–H groups in total. The van der Waals surface area contributed by atoms with Gasteiger partial charge in [0.15, 0.2) is 11.5 Å². The zero-order valence-electron chi connectivity index (χ0n) is 8.49. The molecule has 0 amide bonds. The van der Waals surface area contributed by atoms with Crippen LogP contribution in [0.15, 0.2) is 18.2 Å². The highest BCUT2D eigenvalue weighted by Crippen LogP contribution is 2.28. The molecule has 1 rings (SSSR count). The third-order valence-corrected chi connectivity index (χ3v) is 1.69. The summed E-state index contributed by atoms with van der Waals surface area (Å²) in [6, 6.07) is 4.71. The Balaban J connectivity index is 2.74. The maximum absolute atomic E-state index is 10.7. The molecule has 0 spiro atoms. The Hall–Kier alpha value is -1.75. The maximum atomic E-state index is 10.7. The number of carbonyl (C=O) groups is 1. The van der Waals surface area contributed by atoms with Crippen LogP contribution in [0.1, 0.15) is 6.92 Å². The molecule has 0 radical (unpaired) electrons. The van der Waals surface area contributed by atoms with Gasteiger partial charge in [-0.1, -0.05) is 0 Å². The Bertz CT molecular complexity index is 353. The first kappa shape index (κ1) is 11.3. The van der Waals surface area contributed by atoms with E-state index in [0.717, 1.165) is 5.69 Å². The van der Waals surface area contributed by atoms with Crippen molar-refractivity contribution in [3.63, 3.8) is 0 Å². The van der Waals surface area contributed by atoms with Gasteiger partial charge in [0.1, 0.15) is 0 Å². The molecular formula is C10H14N2O3. The minimum atomic E-state index is -0.465. The molecule has 0 aliphatic carbocycles. The molecular weight excluding hydrogens is 196 g/mol. The topological polar surface area (TPSA) is 84.6 Å². The van der Waals surface area contributed by atoms with E-state index in [1.54, 1.807) is 6.07 Å². The molecule has 15 heavy (non-hydrogen) atoms. The van der Waals surface area contributed by atoms with Gasteiger partial charge in [-0.2, -0.15) is 0 Å². The standard InChI is InChI=1S/C10H14N2O3/c1-7(13)15-10-3-2-8(6-9(10)14)12-5-4-11/h2-3,6,12,14H,4-5,11H2,1H3. The summed E-state index contributed by atoms with van der Waals surface area (Å²) in [5, 5.41) is 12.5. The number of anilines is 1. The van der Waals surface area contributed by atoms with Crippen molar-refractivity contribution < 1.29 is 14.6 Å². The Morgan fingerprint density at radius 1 is 1.60 bits per heavy atom. The Labute approximate surface area is 87.9 Å². The third-order valence-electron chi connectivity index (χ3n) is 1.69. The van der Waals surface area contributed by atoms with E-state index in [0.29, 0.717) is 13.1 Å². The molecule has 0 bridgehead atoms. The monoisotopic (exact) mass is 210 g/mol. The largest absolute Gasteiger partial charge is 0.504 e. The summed E-state index contributed by atoms with van der Waals surface area (Å²) < 4.78 is 4.76. The fourth-order valence-corrected chi connectivity index (χ4v) is 1.08. The lowest BCUT2D eigenvalue weighted by atomic mass is 10.2. The van der Waals surface area contributed by atoms with Crippen molar-refractivity contribution in [2.45, 2.75) is 6.92 Å². The second-order valence-corrected chi connectivity index (χ2v) is 2.99. The van der Waals surface area contributed by atoms with E-state index in [1.165, 1.54) is 19.1 Å². The van der Waals surface area contributed by atoms with Crippen LogP contribution in [0.3, 0.4) is 0 Å². The predicted octanol–water partition coefficient (Wildman–Crippen LogP) is 0.688. The Morgan fingerprint density at radius 2 is 2.33 bits per heavy atom. The van der Waals surface area contributed by atoms with E-state index in [4.69, 9.17) is 10.5 Å². The van der Waals surface area contributed by atoms with Gasteiger partial charge < -0.3 is 20.9 Å². The quantitative estimate of drug-likeness (QED) is 0.503. The molecule has 0 unspecified atom stereocenters. The van der Waals surface area contributed by atoms with Crippen molar-refractivity contribution >= 4 is 11.7 Å². The number of benzene rings is 1. The molecule has 82 valence electrons. The van der Waals surface area contributed by atoms with Crippen molar-refractivity contribution in [1.29, 1.82) is 0 Å². The molecule has 5 nitrogen and oxygen atoms in total. The highest BCUT2D eigenvalue weighted by Gasteiger charge is 2.05. The number of phenols is 1. The number of ether oxygens (including phenoxy) is 1. The number of esters is 1. The van der Waals surface area contributed by atoms with Crippen LogP contribution in [0.2, 0.25) is 0 Å². The number of nitrogens with two attached hydrogens (primary N) is 1. The van der Waals surface area contributed by atoms with Crippen LogP contribution in [-0.2, 0) is 4.79 Å². The lowest BCUT2D eigenvalue weighted by Crippen LogP contribution is -2.13. The van der Waals surface area contributed by atoms with Crippen molar-refractivity contribution in [3.8, 4) is 11.5 Å². The van der Waals surface area contributed by atoms with Crippen molar-refractivity contribution in [3.05, 3.63) is 18.2 Å². The molecule has 0 saturated heterocycles. The molecule has 0 aliphatic rings. The van der Waals surface area contributed by atoms with Crippen molar-refractivity contribution in [1.82, 2.24) is 0 Å². The van der Waals surface area contributed by atoms with Crippen molar-refractivity contribution in [2.24, 2.45) is 5.73 Å². The average Bonchev–Trinajstić information content (AvgIpc) is 2.18. The second kappa shape index (κ2) is 5.21. The van der Waals surface area contributed by atoms with Gasteiger partial charge >= 0.3 is 5.97 Å². The summed E-state index contributed by atoms with van der Waals surface area (Å²) in [6.07, 6.45) is 0. The second-order valence-electron chi connectivity index (χ2n) is 2.99. The van der Waals surface area contributed by atoms with E-state index in [9.17, 15) is 9.90 Å². The third kappa shape index (κ3) is 3.47. The number of phenolic OH excluding ortho intramolecular Hbond substituents is 1. The van der Waals surface area contributed by atoms with Crippen molar-refractivity contribution in [2.75, 3.05) is 18.4 Å². The average molecular weight is 210 g/mol. The molecule has 1 aromatic carbocycles. The number of hydrogen-bond acceptors (Lipinski definition) is 5. The fraction of sp³-hybridized carbons (Fsp3) is 0.300. The molecule has 0 fully saturated rings. The lowest BCUT2D eigenvalue weighted by molar-refractivity contribution is -0.132. The first-order chi connectivity index (χ1) is 7.13. The summed E-state index contributed by atoms with van der Waals surface area (Å²) in [5.41, 5.74) is 6.05. The molecule has 0 atom stereocenters. The highest BCUT2D eigenvalue weighted by atomic mass is 16.5. The van der Waals surface area contributed by atoms with Gasteiger partial charge in [0.25, 0.3) is 0 Å². The minimum absolute atomic E-state index is 0.0766. The zero-order valence-corrected chi connectivity index (χ0v) is 8.49. The summed E-state index contributed by atoms with van der Waals surface area (Å²) in [4.78, 5) is 10.7. The number of carbonyl (C=O) groups excluding carboxylic acids is 1. The van der Waals surface area contributed by atoms with Crippen LogP contribution in [0.4, 0.5) is 5.69 Å². The van der Waals surface area contributed by atoms with Gasteiger partial charge in [0.05, 0.1) is 0 Å². The number of aromatic hydroxyl groups is 1. The van der Waals surface area contributed by atoms with E-state index in [1.807, 2.05) is 0 Å². The minimum Gasteiger partial charge on any atom is -0.504 e. The van der Waals surface area contributed by atoms with E-state index < -0.39 is 5.97 Å². The number of nitrogens with one attached hydrogen (secondary N) is 1. The lowest BCUT2D eigenvalue weighted by Gasteiger charge is -2.08. The molecule has 0 heterocycles. The van der Waals surface area contributed by atoms with Crippen LogP contribution in [0.25, 0.3) is 0 Å². The molecule has 0 saturated carbocycles. The fourth-order valence-electron chi connectivity index (χ4n) is 1.08. The molecule has 0 aromatic heterocycles. The molecule has 1 aromatic rings. The number of hydrogen-bond donors (Lipinski definition) is 3. The first-order valence-electron chi connectivity index (χ1n) is 4.59. The zero-order chi connectivity index (χ0) is 11.3. The number of rotatable bonds is 4. The van der Waals surface area contributed by atoms with Crippen LogP contribution in [-0.4, -0.2) is 24.2 Å². The van der Waals surface area contributed by atoms with E-state index in [-0.39, 0.29) is 11.5 Å². The summed E-state index contributed by atoms with van der Waals surface area (Å²) in [6.45, 7) is 2.40. The van der Waals surface area contributed by atoms with Gasteiger partial charge in [-0.3, -0.25) is 4.79 Å². The van der Waals surface area contributed by atoms with Crippen LogP contribution in [0, 0.1) is 0 Å². The summed E-state index contributed by atoms with van der Waals surface area (Å²) in [5.74, 6) is -0.388. The Kier molecular flexibility index (Phi) is 3.93. The maximum Gasteiger partial charge on any atom is 0.308 e. The van der Waals surface area contributed by atoms with Gasteiger partial charge in [0.2, 0.25) is 0 Å². The smallest absolute Gasteiger partial charge is 0.308 e. The van der Waals surface area contributed by atoms with Crippen LogP contribution in [0.5, 0.6) is 11.5 Å². The highest BCUT2D eigenvalue weighted by molar-refractivity contribution is 5.71. The normalized spacial score (nSPS) is 9.73. The predicted molar refractivity (Wildman–Crippen MR) is 57.0 cm³/mol. The van der Waals surface area contributed by atoms with Gasteiger partial charge in [0, 0.05) is 31.8 Å². The van der Waals surface area contributed by atoms with Gasteiger partial charge in [-0.05, 0) is 12.1 Å². The SMILES string of the molecule is CC(=O)Oc1ccc(NCCN)cc1O. The van der Waals surface area contributed by atoms with Gasteiger partial charge in [-0.15, -0.1) is 0 Å².